The summed E-state index contributed by atoms with van der Waals surface area (Å²) in [6.45, 7) is 2.02. The average Bonchev–Trinajstić information content (AvgIpc) is 2.28. The van der Waals surface area contributed by atoms with E-state index in [-0.39, 0.29) is 37.1 Å². The Labute approximate surface area is 96.6 Å². The molecule has 0 saturated carbocycles. The van der Waals surface area contributed by atoms with Gasteiger partial charge < -0.3 is 24.1 Å². The zero-order valence-corrected chi connectivity index (χ0v) is 10.4. The van der Waals surface area contributed by atoms with Crippen LogP contribution in [0.3, 0.4) is 0 Å². The van der Waals surface area contributed by atoms with Crippen molar-refractivity contribution in [1.82, 2.24) is 0 Å². The number of ether oxygens (including phenoxy) is 4. The Morgan fingerprint density at radius 1 is 1.00 bits per heavy atom. The van der Waals surface area contributed by atoms with Crippen LogP contribution in [0.15, 0.2) is 0 Å². The molecule has 5 heteroatoms. The highest BCUT2D eigenvalue weighted by molar-refractivity contribution is 4.93. The fourth-order valence-electron chi connectivity index (χ4n) is 2.34. The molecule has 0 aliphatic carbocycles. The number of rotatable bonds is 5. The Balaban J connectivity index is 2.78. The van der Waals surface area contributed by atoms with E-state index >= 15 is 0 Å². The second-order valence-electron chi connectivity index (χ2n) is 3.99. The molecule has 0 aromatic heterocycles. The van der Waals surface area contributed by atoms with Crippen molar-refractivity contribution >= 4 is 0 Å². The highest BCUT2D eigenvalue weighted by atomic mass is 16.6. The molecule has 5 nitrogen and oxygen atoms in total. The largest absolute Gasteiger partial charge is 0.396 e. The summed E-state index contributed by atoms with van der Waals surface area (Å²) in [5.41, 5.74) is 0. The Morgan fingerprint density at radius 3 is 2.00 bits per heavy atom. The Hall–Kier alpha value is -0.200. The van der Waals surface area contributed by atoms with Crippen LogP contribution in [0.4, 0.5) is 0 Å². The second kappa shape index (κ2) is 6.51. The maximum Gasteiger partial charge on any atom is 0.114 e. The van der Waals surface area contributed by atoms with Gasteiger partial charge in [-0.25, -0.2) is 0 Å². The third-order valence-electron chi connectivity index (χ3n) is 3.10. The first-order valence-corrected chi connectivity index (χ1v) is 5.54. The minimum atomic E-state index is -0.210. The molecule has 0 amide bonds. The lowest BCUT2D eigenvalue weighted by Crippen LogP contribution is -2.58. The van der Waals surface area contributed by atoms with Crippen molar-refractivity contribution < 1.29 is 24.1 Å². The molecule has 1 aliphatic rings. The zero-order valence-electron chi connectivity index (χ0n) is 10.4. The van der Waals surface area contributed by atoms with Gasteiger partial charge in [0.1, 0.15) is 18.3 Å². The second-order valence-corrected chi connectivity index (χ2v) is 3.99. The van der Waals surface area contributed by atoms with E-state index in [1.807, 2.05) is 6.92 Å². The molecule has 0 radical (unpaired) electrons. The molecule has 96 valence electrons. The van der Waals surface area contributed by atoms with Crippen molar-refractivity contribution in [2.24, 2.45) is 0 Å². The maximum atomic E-state index is 8.99. The van der Waals surface area contributed by atoms with Crippen molar-refractivity contribution in [3.05, 3.63) is 0 Å². The monoisotopic (exact) mass is 234 g/mol. The van der Waals surface area contributed by atoms with Gasteiger partial charge in [0.2, 0.25) is 0 Å². The van der Waals surface area contributed by atoms with Gasteiger partial charge in [0, 0.05) is 27.9 Å². The fourth-order valence-corrected chi connectivity index (χ4v) is 2.34. The van der Waals surface area contributed by atoms with Gasteiger partial charge in [-0.1, -0.05) is 0 Å². The molecule has 1 aliphatic heterocycles. The van der Waals surface area contributed by atoms with E-state index in [1.165, 1.54) is 0 Å². The third-order valence-corrected chi connectivity index (χ3v) is 3.10. The third kappa shape index (κ3) is 2.73. The van der Waals surface area contributed by atoms with E-state index in [9.17, 15) is 0 Å². The first kappa shape index (κ1) is 13.9. The number of hydrogen-bond acceptors (Lipinski definition) is 5. The van der Waals surface area contributed by atoms with E-state index in [1.54, 1.807) is 21.3 Å². The van der Waals surface area contributed by atoms with Crippen molar-refractivity contribution in [3.63, 3.8) is 0 Å². The van der Waals surface area contributed by atoms with E-state index in [0.29, 0.717) is 6.42 Å². The van der Waals surface area contributed by atoms with Crippen LogP contribution in [0.25, 0.3) is 0 Å². The van der Waals surface area contributed by atoms with Crippen molar-refractivity contribution in [1.29, 1.82) is 0 Å². The minimum absolute atomic E-state index is 0.0714. The van der Waals surface area contributed by atoms with Gasteiger partial charge >= 0.3 is 0 Å². The molecule has 5 atom stereocenters. The molecular weight excluding hydrogens is 212 g/mol. The Morgan fingerprint density at radius 2 is 1.56 bits per heavy atom. The predicted molar refractivity (Wildman–Crippen MR) is 58.4 cm³/mol. The molecule has 0 spiro atoms. The molecule has 1 fully saturated rings. The molecule has 16 heavy (non-hydrogen) atoms. The van der Waals surface area contributed by atoms with Crippen LogP contribution >= 0.6 is 0 Å². The molecule has 0 unspecified atom stereocenters. The van der Waals surface area contributed by atoms with Crippen LogP contribution in [-0.2, 0) is 18.9 Å². The summed E-state index contributed by atoms with van der Waals surface area (Å²) in [5, 5.41) is 8.99. The highest BCUT2D eigenvalue weighted by Gasteiger charge is 2.44. The lowest BCUT2D eigenvalue weighted by atomic mass is 9.93. The van der Waals surface area contributed by atoms with E-state index < -0.39 is 0 Å². The minimum Gasteiger partial charge on any atom is -0.396 e. The van der Waals surface area contributed by atoms with Crippen LogP contribution in [0, 0.1) is 0 Å². The fraction of sp³-hybridized carbons (Fsp3) is 1.00. The smallest absolute Gasteiger partial charge is 0.114 e. The van der Waals surface area contributed by atoms with E-state index in [2.05, 4.69) is 0 Å². The predicted octanol–water partition coefficient (Wildman–Crippen LogP) is 0.201. The molecule has 1 saturated heterocycles. The van der Waals surface area contributed by atoms with Gasteiger partial charge in [-0.3, -0.25) is 0 Å². The quantitative estimate of drug-likeness (QED) is 0.736. The van der Waals surface area contributed by atoms with E-state index in [4.69, 9.17) is 24.1 Å². The summed E-state index contributed by atoms with van der Waals surface area (Å²) in [5.74, 6) is 0. The van der Waals surface area contributed by atoms with Crippen LogP contribution in [0.2, 0.25) is 0 Å². The number of aliphatic hydroxyl groups is 1. The standard InChI is InChI=1S/C11H22O5/c1-7-9(13-2)11(15-4)10(14-3)8(16-7)5-6-12/h7-12H,5-6H2,1-4H3/t7-,8-,9-,10-,11+/m0/s1. The Kier molecular flexibility index (Phi) is 5.64. The topological polar surface area (TPSA) is 57.2 Å². The molecule has 0 aromatic rings. The van der Waals surface area contributed by atoms with Gasteiger partial charge in [-0.15, -0.1) is 0 Å². The Bertz CT molecular complexity index is 199. The molecular formula is C11H22O5. The highest BCUT2D eigenvalue weighted by Crippen LogP contribution is 2.28. The number of aliphatic hydroxyl groups excluding tert-OH is 1. The first-order chi connectivity index (χ1) is 7.69. The van der Waals surface area contributed by atoms with Gasteiger partial charge in [0.15, 0.2) is 0 Å². The summed E-state index contributed by atoms with van der Waals surface area (Å²) in [7, 11) is 4.89. The van der Waals surface area contributed by atoms with Crippen molar-refractivity contribution in [2.45, 2.75) is 43.9 Å². The van der Waals surface area contributed by atoms with E-state index in [0.717, 1.165) is 0 Å². The molecule has 0 bridgehead atoms. The number of hydrogen-bond donors (Lipinski definition) is 1. The summed E-state index contributed by atoms with van der Waals surface area (Å²) in [4.78, 5) is 0. The maximum absolute atomic E-state index is 8.99. The molecule has 1 heterocycles. The first-order valence-electron chi connectivity index (χ1n) is 5.54. The number of methoxy groups -OCH3 is 3. The summed E-state index contributed by atoms with van der Waals surface area (Å²) in [6, 6.07) is 0. The van der Waals surface area contributed by atoms with Gasteiger partial charge in [0.05, 0.1) is 12.2 Å². The molecule has 1 rings (SSSR count). The molecule has 1 N–H and O–H groups in total. The summed E-state index contributed by atoms with van der Waals surface area (Å²) >= 11 is 0. The zero-order chi connectivity index (χ0) is 12.1. The summed E-state index contributed by atoms with van der Waals surface area (Å²) < 4.78 is 22.0. The summed E-state index contributed by atoms with van der Waals surface area (Å²) in [6.07, 6.45) is -0.211. The SMILES string of the molecule is CO[C@@H]1[C@@H](OC)[C@H](C)O[C@@H](CCO)[C@@H]1OC. The van der Waals surface area contributed by atoms with Crippen LogP contribution in [0.5, 0.6) is 0 Å². The van der Waals surface area contributed by atoms with Crippen molar-refractivity contribution in [2.75, 3.05) is 27.9 Å². The van der Waals surface area contributed by atoms with Crippen molar-refractivity contribution in [3.8, 4) is 0 Å². The lowest BCUT2D eigenvalue weighted by Gasteiger charge is -2.44. The van der Waals surface area contributed by atoms with Crippen LogP contribution in [0.1, 0.15) is 13.3 Å². The van der Waals surface area contributed by atoms with Crippen LogP contribution in [-0.4, -0.2) is 63.6 Å². The van der Waals surface area contributed by atoms with Gasteiger partial charge in [-0.2, -0.15) is 0 Å². The van der Waals surface area contributed by atoms with Gasteiger partial charge in [0.25, 0.3) is 0 Å². The normalized spacial score (nSPS) is 39.9. The lowest BCUT2D eigenvalue weighted by molar-refractivity contribution is -0.240. The van der Waals surface area contributed by atoms with Crippen LogP contribution < -0.4 is 0 Å². The average molecular weight is 234 g/mol. The molecule has 0 aromatic carbocycles. The van der Waals surface area contributed by atoms with Gasteiger partial charge in [-0.05, 0) is 13.3 Å².